The fourth-order valence-electron chi connectivity index (χ4n) is 4.88. The van der Waals surface area contributed by atoms with Crippen molar-refractivity contribution in [3.05, 3.63) is 11.1 Å². The Morgan fingerprint density at radius 1 is 0.786 bits per heavy atom. The van der Waals surface area contributed by atoms with Crippen LogP contribution in [0, 0.1) is 0 Å². The fraction of sp³-hybridized carbons (Fsp3) is 0.833. The molecule has 0 unspecified atom stereocenters. The van der Waals surface area contributed by atoms with Crippen molar-refractivity contribution in [2.24, 2.45) is 0 Å². The van der Waals surface area contributed by atoms with Crippen LogP contribution in [-0.4, -0.2) is 19.1 Å². The van der Waals surface area contributed by atoms with Gasteiger partial charge in [0.1, 0.15) is 7.28 Å². The van der Waals surface area contributed by atoms with Gasteiger partial charge in [0.05, 0.1) is 0 Å². The second kappa shape index (κ2) is 14.0. The lowest BCUT2D eigenvalue weighted by Crippen LogP contribution is -2.35. The van der Waals surface area contributed by atoms with Crippen molar-refractivity contribution in [3.63, 3.8) is 0 Å². The first-order valence-corrected chi connectivity index (χ1v) is 12.2. The lowest BCUT2D eigenvalue weighted by atomic mass is 9.57. The summed E-state index contributed by atoms with van der Waals surface area (Å²) in [4.78, 5) is 23.4. The molecule has 3 nitrogen and oxygen atoms in total. The average Bonchev–Trinajstić information content (AvgIpc) is 2.66. The topological polar surface area (TPSA) is 46.2 Å². The Morgan fingerprint density at radius 2 is 1.25 bits per heavy atom. The molecule has 0 aromatic carbocycles. The van der Waals surface area contributed by atoms with Crippen molar-refractivity contribution < 1.29 is 9.59 Å². The van der Waals surface area contributed by atoms with Gasteiger partial charge in [-0.25, -0.2) is 0 Å². The Kier molecular flexibility index (Phi) is 11.6. The second-order valence-electron chi connectivity index (χ2n) is 9.21. The minimum Gasteiger partial charge on any atom is -0.292 e. The van der Waals surface area contributed by atoms with Crippen LogP contribution in [-0.2, 0) is 9.59 Å². The van der Waals surface area contributed by atoms with E-state index in [2.05, 4.69) is 5.32 Å². The first-order valence-electron chi connectivity index (χ1n) is 12.2. The predicted molar refractivity (Wildman–Crippen MR) is 120 cm³/mol. The fourth-order valence-corrected chi connectivity index (χ4v) is 4.88. The molecular weight excluding hydrogens is 345 g/mol. The number of amides is 2. The molecule has 158 valence electrons. The molecule has 1 aliphatic heterocycles. The summed E-state index contributed by atoms with van der Waals surface area (Å²) >= 11 is 0. The molecule has 0 radical (unpaired) electrons. The zero-order valence-corrected chi connectivity index (χ0v) is 18.3. The van der Waals surface area contributed by atoms with Gasteiger partial charge in [0, 0.05) is 12.0 Å². The van der Waals surface area contributed by atoms with Crippen LogP contribution in [0.1, 0.15) is 116 Å². The number of hydrogen-bond acceptors (Lipinski definition) is 2. The number of nitrogens with one attached hydrogen (secondary N) is 1. The zero-order valence-electron chi connectivity index (χ0n) is 18.3. The summed E-state index contributed by atoms with van der Waals surface area (Å²) in [6.07, 6.45) is 23.6. The van der Waals surface area contributed by atoms with Crippen LogP contribution >= 0.6 is 0 Å². The van der Waals surface area contributed by atoms with E-state index in [1.165, 1.54) is 104 Å². The van der Waals surface area contributed by atoms with Crippen molar-refractivity contribution in [3.8, 4) is 0 Å². The third kappa shape index (κ3) is 9.43. The molecule has 1 saturated carbocycles. The highest BCUT2D eigenvalue weighted by Crippen LogP contribution is 2.27. The van der Waals surface area contributed by atoms with Gasteiger partial charge in [-0.1, -0.05) is 114 Å². The van der Waals surface area contributed by atoms with Crippen molar-refractivity contribution in [2.45, 2.75) is 128 Å². The number of hydrogen-bond donors (Lipinski definition) is 1. The lowest BCUT2D eigenvalue weighted by molar-refractivity contribution is -0.129. The summed E-state index contributed by atoms with van der Waals surface area (Å²) in [5.41, 5.74) is 1.85. The summed E-state index contributed by atoms with van der Waals surface area (Å²) in [5, 5.41) is 2.42. The Bertz CT molecular complexity index is 499. The van der Waals surface area contributed by atoms with Gasteiger partial charge in [-0.15, -0.1) is 0 Å². The Hall–Kier alpha value is -1.06. The highest BCUT2D eigenvalue weighted by Gasteiger charge is 2.22. The van der Waals surface area contributed by atoms with Gasteiger partial charge in [0.2, 0.25) is 5.91 Å². The van der Waals surface area contributed by atoms with Gasteiger partial charge < -0.3 is 0 Å². The van der Waals surface area contributed by atoms with E-state index in [0.717, 1.165) is 29.7 Å². The summed E-state index contributed by atoms with van der Waals surface area (Å²) < 4.78 is 0. The Labute approximate surface area is 173 Å². The number of imide groups is 1. The molecule has 2 rings (SSSR count). The molecule has 0 spiro atoms. The SMILES string of the molecule is CC1=C(CCBC2CCCCCCCCCCCCCCC2)CC(=O)NC1=O. The molecular formula is C24H42BNO2. The van der Waals surface area contributed by atoms with Crippen LogP contribution in [0.15, 0.2) is 11.1 Å². The van der Waals surface area contributed by atoms with Crippen LogP contribution in [0.2, 0.25) is 12.1 Å². The minimum absolute atomic E-state index is 0.129. The summed E-state index contributed by atoms with van der Waals surface area (Å²) in [6, 6.07) is 0. The van der Waals surface area contributed by atoms with E-state index in [4.69, 9.17) is 0 Å². The van der Waals surface area contributed by atoms with E-state index < -0.39 is 0 Å². The lowest BCUT2D eigenvalue weighted by Gasteiger charge is -2.19. The van der Waals surface area contributed by atoms with Gasteiger partial charge in [-0.3, -0.25) is 14.9 Å². The Balaban J connectivity index is 1.75. The van der Waals surface area contributed by atoms with Crippen LogP contribution in [0.3, 0.4) is 0 Å². The molecule has 4 heteroatoms. The predicted octanol–water partition coefficient (Wildman–Crippen LogP) is 6.25. The molecule has 0 aromatic heterocycles. The molecule has 0 saturated heterocycles. The molecule has 0 bridgehead atoms. The first-order chi connectivity index (χ1) is 13.7. The third-order valence-electron chi connectivity index (χ3n) is 6.81. The third-order valence-corrected chi connectivity index (χ3v) is 6.81. The summed E-state index contributed by atoms with van der Waals surface area (Å²) in [7, 11) is 1.26. The van der Waals surface area contributed by atoms with Crippen LogP contribution in [0.25, 0.3) is 0 Å². The Morgan fingerprint density at radius 3 is 1.75 bits per heavy atom. The van der Waals surface area contributed by atoms with E-state index in [9.17, 15) is 9.59 Å². The normalized spacial score (nSPS) is 22.8. The van der Waals surface area contributed by atoms with Crippen LogP contribution in [0.5, 0.6) is 0 Å². The molecule has 1 aliphatic carbocycles. The smallest absolute Gasteiger partial charge is 0.253 e. The highest BCUT2D eigenvalue weighted by molar-refractivity contribution is 6.37. The van der Waals surface area contributed by atoms with E-state index in [1.807, 2.05) is 6.92 Å². The molecule has 0 atom stereocenters. The van der Waals surface area contributed by atoms with Crippen molar-refractivity contribution in [2.75, 3.05) is 0 Å². The maximum absolute atomic E-state index is 11.8. The molecule has 2 amide bonds. The number of carbonyl (C=O) groups is 2. The van der Waals surface area contributed by atoms with Crippen molar-refractivity contribution in [1.29, 1.82) is 0 Å². The van der Waals surface area contributed by atoms with Gasteiger partial charge >= 0.3 is 0 Å². The van der Waals surface area contributed by atoms with Crippen LogP contribution in [0.4, 0.5) is 0 Å². The van der Waals surface area contributed by atoms with E-state index in [-0.39, 0.29) is 11.8 Å². The largest absolute Gasteiger partial charge is 0.292 e. The molecule has 0 aromatic rings. The maximum atomic E-state index is 11.8. The van der Waals surface area contributed by atoms with Gasteiger partial charge in [-0.05, 0) is 13.3 Å². The first kappa shape index (κ1) is 23.2. The molecule has 1 heterocycles. The number of carbonyl (C=O) groups excluding carboxylic acids is 2. The molecule has 1 N–H and O–H groups in total. The monoisotopic (exact) mass is 387 g/mol. The van der Waals surface area contributed by atoms with E-state index >= 15 is 0 Å². The molecule has 1 fully saturated rings. The van der Waals surface area contributed by atoms with Gasteiger partial charge in [-0.2, -0.15) is 0 Å². The quantitative estimate of drug-likeness (QED) is 0.458. The standard InChI is InChI=1S/C24H42BNO2/c1-20-21(19-23(27)26-24(20)28)17-18-25-22-15-13-11-9-7-5-3-2-4-6-8-10-12-14-16-22/h22,25H,2-19H2,1H3,(H,26,27,28). The highest BCUT2D eigenvalue weighted by atomic mass is 16.2. The maximum Gasteiger partial charge on any atom is 0.253 e. The second-order valence-corrected chi connectivity index (χ2v) is 9.21. The summed E-state index contributed by atoms with van der Waals surface area (Å²) in [5.74, 6) is 0.521. The van der Waals surface area contributed by atoms with Crippen molar-refractivity contribution in [1.82, 2.24) is 5.32 Å². The van der Waals surface area contributed by atoms with E-state index in [0.29, 0.717) is 6.42 Å². The number of rotatable bonds is 4. The van der Waals surface area contributed by atoms with Gasteiger partial charge in [0.15, 0.2) is 0 Å². The minimum atomic E-state index is -0.184. The van der Waals surface area contributed by atoms with E-state index in [1.54, 1.807) is 0 Å². The van der Waals surface area contributed by atoms with Crippen LogP contribution < -0.4 is 5.32 Å². The average molecular weight is 387 g/mol. The van der Waals surface area contributed by atoms with Crippen molar-refractivity contribution >= 4 is 19.1 Å². The zero-order chi connectivity index (χ0) is 20.0. The van der Waals surface area contributed by atoms with Gasteiger partial charge in [0.25, 0.3) is 5.91 Å². The molecule has 28 heavy (non-hydrogen) atoms. The molecule has 2 aliphatic rings. The summed E-state index contributed by atoms with van der Waals surface area (Å²) in [6.45, 7) is 1.86.